The Morgan fingerprint density at radius 2 is 2.05 bits per heavy atom. The first-order chi connectivity index (χ1) is 9.24. The Kier molecular flexibility index (Phi) is 3.66. The van der Waals surface area contributed by atoms with E-state index in [0.717, 1.165) is 33.3 Å². The van der Waals surface area contributed by atoms with Crippen LogP contribution in [0.1, 0.15) is 18.4 Å². The Morgan fingerprint density at radius 1 is 1.26 bits per heavy atom. The third-order valence-corrected chi connectivity index (χ3v) is 4.76. The molecule has 0 radical (unpaired) electrons. The Morgan fingerprint density at radius 3 is 2.84 bits per heavy atom. The number of thiocarbonyl (C=S) groups is 1. The van der Waals surface area contributed by atoms with Gasteiger partial charge >= 0.3 is 0 Å². The number of aromatic nitrogens is 2. The summed E-state index contributed by atoms with van der Waals surface area (Å²) in [7, 11) is 0. The van der Waals surface area contributed by atoms with E-state index in [0.29, 0.717) is 0 Å². The molecule has 1 saturated heterocycles. The maximum atomic E-state index is 5.52. The van der Waals surface area contributed by atoms with Crippen molar-refractivity contribution in [3.63, 3.8) is 0 Å². The molecule has 1 aromatic heterocycles. The van der Waals surface area contributed by atoms with E-state index in [1.54, 1.807) is 18.1 Å². The summed E-state index contributed by atoms with van der Waals surface area (Å²) in [5.74, 6) is 0. The molecule has 0 spiro atoms. The fourth-order valence-electron chi connectivity index (χ4n) is 2.28. The van der Waals surface area contributed by atoms with Crippen LogP contribution < -0.4 is 0 Å². The Labute approximate surface area is 122 Å². The average molecular weight is 289 g/mol. The van der Waals surface area contributed by atoms with Crippen LogP contribution >= 0.6 is 24.0 Å². The molecule has 98 valence electrons. The van der Waals surface area contributed by atoms with Crippen LogP contribution in [0.3, 0.4) is 0 Å². The van der Waals surface area contributed by atoms with Crippen molar-refractivity contribution >= 4 is 39.2 Å². The van der Waals surface area contributed by atoms with Crippen LogP contribution in [0.4, 0.5) is 0 Å². The molecule has 0 bridgehead atoms. The van der Waals surface area contributed by atoms with E-state index >= 15 is 0 Å². The van der Waals surface area contributed by atoms with Crippen molar-refractivity contribution < 1.29 is 0 Å². The number of fused-ring (bicyclic) bond motifs is 1. The fourth-order valence-corrected chi connectivity index (χ4v) is 3.54. The SMILES string of the molecule is Cc1ccc2ncnc(SC(=S)N3CCCC3)c2c1. The van der Waals surface area contributed by atoms with Crippen molar-refractivity contribution in [1.29, 1.82) is 0 Å². The van der Waals surface area contributed by atoms with Gasteiger partial charge < -0.3 is 4.90 Å². The van der Waals surface area contributed by atoms with Crippen LogP contribution in [-0.4, -0.2) is 32.3 Å². The summed E-state index contributed by atoms with van der Waals surface area (Å²) >= 11 is 7.11. The van der Waals surface area contributed by atoms with Gasteiger partial charge in [0.2, 0.25) is 0 Å². The van der Waals surface area contributed by atoms with E-state index in [9.17, 15) is 0 Å². The van der Waals surface area contributed by atoms with Crippen molar-refractivity contribution in [3.8, 4) is 0 Å². The molecule has 5 heteroatoms. The highest BCUT2D eigenvalue weighted by molar-refractivity contribution is 8.23. The summed E-state index contributed by atoms with van der Waals surface area (Å²) in [5, 5.41) is 2.06. The summed E-state index contributed by atoms with van der Waals surface area (Å²) in [5.41, 5.74) is 2.20. The highest BCUT2D eigenvalue weighted by Crippen LogP contribution is 2.28. The van der Waals surface area contributed by atoms with Crippen LogP contribution in [0, 0.1) is 6.92 Å². The van der Waals surface area contributed by atoms with Gasteiger partial charge in [0.1, 0.15) is 15.7 Å². The van der Waals surface area contributed by atoms with Gasteiger partial charge in [-0.3, -0.25) is 0 Å². The molecule has 19 heavy (non-hydrogen) atoms. The molecule has 1 aliphatic heterocycles. The minimum absolute atomic E-state index is 0.930. The van der Waals surface area contributed by atoms with E-state index in [1.807, 2.05) is 6.07 Å². The summed E-state index contributed by atoms with van der Waals surface area (Å²) in [4.78, 5) is 11.0. The van der Waals surface area contributed by atoms with Gasteiger partial charge in [0, 0.05) is 18.5 Å². The molecule has 0 saturated carbocycles. The smallest absolute Gasteiger partial charge is 0.142 e. The maximum absolute atomic E-state index is 5.52. The van der Waals surface area contributed by atoms with Gasteiger partial charge in [-0.25, -0.2) is 9.97 Å². The quantitative estimate of drug-likeness (QED) is 0.456. The lowest BCUT2D eigenvalue weighted by Gasteiger charge is -2.17. The first-order valence-electron chi connectivity index (χ1n) is 6.42. The lowest BCUT2D eigenvalue weighted by Crippen LogP contribution is -2.23. The first kappa shape index (κ1) is 12.8. The number of hydrogen-bond donors (Lipinski definition) is 0. The van der Waals surface area contributed by atoms with Crippen molar-refractivity contribution in [2.45, 2.75) is 24.8 Å². The van der Waals surface area contributed by atoms with E-state index in [4.69, 9.17) is 12.2 Å². The maximum Gasteiger partial charge on any atom is 0.142 e. The van der Waals surface area contributed by atoms with E-state index < -0.39 is 0 Å². The van der Waals surface area contributed by atoms with Gasteiger partial charge in [0.05, 0.1) is 5.52 Å². The molecule has 2 heterocycles. The summed E-state index contributed by atoms with van der Waals surface area (Å²) in [6.07, 6.45) is 4.10. The van der Waals surface area contributed by atoms with Crippen molar-refractivity contribution in [2.24, 2.45) is 0 Å². The molecule has 3 rings (SSSR count). The number of aryl methyl sites for hydroxylation is 1. The number of nitrogens with zero attached hydrogens (tertiary/aromatic N) is 3. The molecular weight excluding hydrogens is 274 g/mol. The molecule has 1 fully saturated rings. The predicted molar refractivity (Wildman–Crippen MR) is 83.5 cm³/mol. The van der Waals surface area contributed by atoms with E-state index in [1.165, 1.54) is 18.4 Å². The van der Waals surface area contributed by atoms with Crippen molar-refractivity contribution in [3.05, 3.63) is 30.1 Å². The predicted octanol–water partition coefficient (Wildman–Crippen LogP) is 3.41. The number of thioether (sulfide) groups is 1. The first-order valence-corrected chi connectivity index (χ1v) is 7.64. The molecular formula is C14H15N3S2. The molecule has 3 nitrogen and oxygen atoms in total. The second-order valence-corrected chi connectivity index (χ2v) is 6.38. The van der Waals surface area contributed by atoms with Gasteiger partial charge in [0.15, 0.2) is 0 Å². The summed E-state index contributed by atoms with van der Waals surface area (Å²) in [6, 6.07) is 6.24. The lowest BCUT2D eigenvalue weighted by molar-refractivity contribution is 0.539. The van der Waals surface area contributed by atoms with Crippen LogP contribution in [0.25, 0.3) is 10.9 Å². The zero-order chi connectivity index (χ0) is 13.2. The number of benzene rings is 1. The molecule has 0 amide bonds. The standard InChI is InChI=1S/C14H15N3S2/c1-10-4-5-12-11(8-10)13(16-9-15-12)19-14(18)17-6-2-3-7-17/h4-5,8-9H,2-3,6-7H2,1H3. The largest absolute Gasteiger partial charge is 0.357 e. The monoisotopic (exact) mass is 289 g/mol. The van der Waals surface area contributed by atoms with Crippen LogP contribution in [-0.2, 0) is 0 Å². The van der Waals surface area contributed by atoms with Crippen molar-refractivity contribution in [2.75, 3.05) is 13.1 Å². The minimum atomic E-state index is 0.930. The van der Waals surface area contributed by atoms with Gasteiger partial charge in [-0.1, -0.05) is 23.8 Å². The molecule has 0 unspecified atom stereocenters. The third kappa shape index (κ3) is 2.72. The molecule has 1 aliphatic rings. The normalized spacial score (nSPS) is 15.1. The second kappa shape index (κ2) is 5.43. The third-order valence-electron chi connectivity index (χ3n) is 3.30. The van der Waals surface area contributed by atoms with Crippen molar-refractivity contribution in [1.82, 2.24) is 14.9 Å². The van der Waals surface area contributed by atoms with Crippen LogP contribution in [0.2, 0.25) is 0 Å². The number of likely N-dealkylation sites (tertiary alicyclic amines) is 1. The Hall–Kier alpha value is -1.20. The summed E-state index contributed by atoms with van der Waals surface area (Å²) in [6.45, 7) is 4.24. The Bertz CT molecular complexity index is 621. The zero-order valence-corrected chi connectivity index (χ0v) is 12.4. The highest BCUT2D eigenvalue weighted by Gasteiger charge is 2.17. The van der Waals surface area contributed by atoms with E-state index in [2.05, 4.69) is 33.9 Å². The molecule has 1 aromatic carbocycles. The minimum Gasteiger partial charge on any atom is -0.357 e. The molecule has 0 N–H and O–H groups in total. The number of rotatable bonds is 1. The average Bonchev–Trinajstić information content (AvgIpc) is 2.93. The topological polar surface area (TPSA) is 29.0 Å². The molecule has 0 atom stereocenters. The van der Waals surface area contributed by atoms with Gasteiger partial charge in [0.25, 0.3) is 0 Å². The summed E-state index contributed by atoms with van der Waals surface area (Å²) < 4.78 is 0.930. The van der Waals surface area contributed by atoms with Crippen LogP contribution in [0.5, 0.6) is 0 Å². The Balaban J connectivity index is 1.91. The van der Waals surface area contributed by atoms with Gasteiger partial charge in [-0.05, 0) is 43.7 Å². The van der Waals surface area contributed by atoms with Gasteiger partial charge in [-0.2, -0.15) is 0 Å². The number of hydrogen-bond acceptors (Lipinski definition) is 4. The zero-order valence-electron chi connectivity index (χ0n) is 10.8. The van der Waals surface area contributed by atoms with E-state index in [-0.39, 0.29) is 0 Å². The fraction of sp³-hybridized carbons (Fsp3) is 0.357. The second-order valence-electron chi connectivity index (χ2n) is 4.76. The molecule has 2 aromatic rings. The van der Waals surface area contributed by atoms with Gasteiger partial charge in [-0.15, -0.1) is 0 Å². The highest BCUT2D eigenvalue weighted by atomic mass is 32.2. The molecule has 0 aliphatic carbocycles. The van der Waals surface area contributed by atoms with Crippen LogP contribution in [0.15, 0.2) is 29.6 Å². The lowest BCUT2D eigenvalue weighted by atomic mass is 10.2.